The minimum atomic E-state index is -0.953. The second kappa shape index (κ2) is 6.65. The van der Waals surface area contributed by atoms with Crippen molar-refractivity contribution in [2.24, 2.45) is 0 Å². The quantitative estimate of drug-likeness (QED) is 0.595. The first-order valence-electron chi connectivity index (χ1n) is 8.97. The number of amides is 1. The number of hydrogen-bond donors (Lipinski definition) is 3. The van der Waals surface area contributed by atoms with E-state index in [-0.39, 0.29) is 30.3 Å². The van der Waals surface area contributed by atoms with Crippen molar-refractivity contribution in [3.63, 3.8) is 0 Å². The van der Waals surface area contributed by atoms with Crippen molar-refractivity contribution in [3.05, 3.63) is 70.9 Å². The Labute approximate surface area is 164 Å². The normalized spacial score (nSPS) is 14.6. The molecule has 2 aliphatic heterocycles. The summed E-state index contributed by atoms with van der Waals surface area (Å²) in [5.41, 5.74) is 3.14. The molecule has 144 valence electrons. The highest BCUT2D eigenvalue weighted by Gasteiger charge is 2.29. The first-order chi connectivity index (χ1) is 14.0. The summed E-state index contributed by atoms with van der Waals surface area (Å²) in [6.07, 6.45) is 0. The van der Waals surface area contributed by atoms with Gasteiger partial charge in [-0.25, -0.2) is 13.8 Å². The van der Waals surface area contributed by atoms with E-state index in [2.05, 4.69) is 15.6 Å². The summed E-state index contributed by atoms with van der Waals surface area (Å²) in [6.45, 7) is 0.448. The number of nitrogens with one attached hydrogen (secondary N) is 2. The number of aromatic nitrogens is 1. The predicted molar refractivity (Wildman–Crippen MR) is 103 cm³/mol. The molecular weight excluding hydrogens is 379 g/mol. The van der Waals surface area contributed by atoms with Crippen LogP contribution in [0.5, 0.6) is 0 Å². The Kier molecular flexibility index (Phi) is 4.07. The maximum absolute atomic E-state index is 14.3. The van der Waals surface area contributed by atoms with Crippen molar-refractivity contribution < 1.29 is 23.3 Å². The summed E-state index contributed by atoms with van der Waals surface area (Å²) >= 11 is 0. The molecule has 0 fully saturated rings. The first-order valence-corrected chi connectivity index (χ1v) is 8.97. The standard InChI is InChI=1S/C20H14BF2N3O3/c22-13-2-1-3-14(23)18(13)15-7-16(19-17(26-15)8-24-20(19)27)25-11-4-5-12-10(6-11)9-29-21(12)28/h1-7,28H,8-9H2,(H,24,27)(H,25,26). The summed E-state index contributed by atoms with van der Waals surface area (Å²) < 4.78 is 33.8. The minimum absolute atomic E-state index is 0.0956. The predicted octanol–water partition coefficient (Wildman–Crippen LogP) is 2.23. The highest BCUT2D eigenvalue weighted by molar-refractivity contribution is 6.61. The van der Waals surface area contributed by atoms with Crippen LogP contribution in [-0.4, -0.2) is 23.0 Å². The van der Waals surface area contributed by atoms with Gasteiger partial charge in [0.1, 0.15) is 11.6 Å². The van der Waals surface area contributed by atoms with Gasteiger partial charge in [-0.05, 0) is 41.4 Å². The van der Waals surface area contributed by atoms with Crippen molar-refractivity contribution in [1.82, 2.24) is 10.3 Å². The maximum atomic E-state index is 14.3. The van der Waals surface area contributed by atoms with Crippen molar-refractivity contribution in [2.45, 2.75) is 13.2 Å². The number of carbonyl (C=O) groups excluding carboxylic acids is 1. The second-order valence-corrected chi connectivity index (χ2v) is 6.86. The van der Waals surface area contributed by atoms with Gasteiger partial charge in [0.15, 0.2) is 0 Å². The van der Waals surface area contributed by atoms with Crippen LogP contribution in [0.1, 0.15) is 21.6 Å². The summed E-state index contributed by atoms with van der Waals surface area (Å²) in [7, 11) is -0.953. The lowest BCUT2D eigenvalue weighted by molar-refractivity contribution is 0.0966. The van der Waals surface area contributed by atoms with Crippen LogP contribution in [0.15, 0.2) is 42.5 Å². The topological polar surface area (TPSA) is 83.5 Å². The van der Waals surface area contributed by atoms with Crippen LogP contribution < -0.4 is 16.1 Å². The summed E-state index contributed by atoms with van der Waals surface area (Å²) in [4.78, 5) is 16.6. The highest BCUT2D eigenvalue weighted by atomic mass is 19.1. The smallest absolute Gasteiger partial charge is 0.423 e. The Bertz CT molecular complexity index is 1150. The number of anilines is 2. The molecule has 1 amide bonds. The molecule has 1 aromatic heterocycles. The van der Waals surface area contributed by atoms with E-state index in [0.29, 0.717) is 28.1 Å². The Morgan fingerprint density at radius 3 is 2.72 bits per heavy atom. The summed E-state index contributed by atoms with van der Waals surface area (Å²) in [6, 6.07) is 10.3. The Morgan fingerprint density at radius 2 is 1.93 bits per heavy atom. The van der Waals surface area contributed by atoms with E-state index >= 15 is 0 Å². The van der Waals surface area contributed by atoms with Gasteiger partial charge in [0, 0.05) is 5.69 Å². The molecule has 3 heterocycles. The number of carbonyl (C=O) groups is 1. The van der Waals surface area contributed by atoms with Gasteiger partial charge in [0.2, 0.25) is 0 Å². The van der Waals surface area contributed by atoms with Crippen molar-refractivity contribution >= 4 is 29.9 Å². The van der Waals surface area contributed by atoms with Gasteiger partial charge in [-0.3, -0.25) is 4.79 Å². The maximum Gasteiger partial charge on any atom is 0.491 e. The first kappa shape index (κ1) is 17.8. The van der Waals surface area contributed by atoms with Crippen LogP contribution in [0.25, 0.3) is 11.3 Å². The molecule has 6 nitrogen and oxygen atoms in total. The third kappa shape index (κ3) is 2.95. The lowest BCUT2D eigenvalue weighted by Crippen LogP contribution is -2.27. The third-order valence-electron chi connectivity index (χ3n) is 5.04. The van der Waals surface area contributed by atoms with E-state index in [1.165, 1.54) is 12.1 Å². The van der Waals surface area contributed by atoms with Crippen LogP contribution in [0.2, 0.25) is 0 Å². The molecule has 0 unspecified atom stereocenters. The fourth-order valence-electron chi connectivity index (χ4n) is 3.66. The lowest BCUT2D eigenvalue weighted by atomic mass is 9.79. The summed E-state index contributed by atoms with van der Waals surface area (Å²) in [5, 5.41) is 15.6. The zero-order valence-electron chi connectivity index (χ0n) is 15.0. The molecular formula is C20H14BF2N3O3. The fourth-order valence-corrected chi connectivity index (χ4v) is 3.66. The molecule has 9 heteroatoms. The number of pyridine rings is 1. The van der Waals surface area contributed by atoms with Crippen molar-refractivity contribution in [3.8, 4) is 11.3 Å². The molecule has 0 atom stereocenters. The molecule has 0 radical (unpaired) electrons. The number of halogens is 2. The van der Waals surface area contributed by atoms with Gasteiger partial charge in [0.05, 0.1) is 41.4 Å². The molecule has 0 saturated carbocycles. The number of fused-ring (bicyclic) bond motifs is 2. The van der Waals surface area contributed by atoms with Gasteiger partial charge < -0.3 is 20.3 Å². The van der Waals surface area contributed by atoms with Gasteiger partial charge in [-0.15, -0.1) is 0 Å². The van der Waals surface area contributed by atoms with Crippen molar-refractivity contribution in [1.29, 1.82) is 0 Å². The monoisotopic (exact) mass is 393 g/mol. The van der Waals surface area contributed by atoms with Gasteiger partial charge in [0.25, 0.3) is 5.91 Å². The molecule has 0 spiro atoms. The lowest BCUT2D eigenvalue weighted by Gasteiger charge is -2.14. The van der Waals surface area contributed by atoms with E-state index in [0.717, 1.165) is 17.7 Å². The SMILES string of the molecule is O=C1NCc2nc(-c3c(F)cccc3F)cc(Nc3ccc4c(c3)COB4O)c21. The molecule has 0 aliphatic carbocycles. The Hall–Kier alpha value is -3.30. The number of benzene rings is 2. The molecule has 2 aromatic carbocycles. The molecule has 3 N–H and O–H groups in total. The molecule has 0 saturated heterocycles. The number of rotatable bonds is 3. The molecule has 29 heavy (non-hydrogen) atoms. The van der Waals surface area contributed by atoms with E-state index < -0.39 is 18.8 Å². The average molecular weight is 393 g/mol. The van der Waals surface area contributed by atoms with Crippen LogP contribution in [0.3, 0.4) is 0 Å². The average Bonchev–Trinajstić information content (AvgIpc) is 3.25. The summed E-state index contributed by atoms with van der Waals surface area (Å²) in [5.74, 6) is -1.77. The second-order valence-electron chi connectivity index (χ2n) is 6.86. The van der Waals surface area contributed by atoms with Gasteiger partial charge in [-0.1, -0.05) is 12.1 Å². The zero-order valence-corrected chi connectivity index (χ0v) is 15.0. The van der Waals surface area contributed by atoms with E-state index in [9.17, 15) is 18.6 Å². The largest absolute Gasteiger partial charge is 0.491 e. The highest BCUT2D eigenvalue weighted by Crippen LogP contribution is 2.33. The van der Waals surface area contributed by atoms with Gasteiger partial charge in [-0.2, -0.15) is 0 Å². The van der Waals surface area contributed by atoms with Crippen LogP contribution in [-0.2, 0) is 17.8 Å². The Morgan fingerprint density at radius 1 is 1.14 bits per heavy atom. The van der Waals surface area contributed by atoms with E-state index in [1.54, 1.807) is 18.2 Å². The number of hydrogen-bond acceptors (Lipinski definition) is 5. The van der Waals surface area contributed by atoms with Crippen molar-refractivity contribution in [2.75, 3.05) is 5.32 Å². The third-order valence-corrected chi connectivity index (χ3v) is 5.04. The number of nitrogens with zero attached hydrogens (tertiary/aromatic N) is 1. The Balaban J connectivity index is 1.61. The minimum Gasteiger partial charge on any atom is -0.423 e. The zero-order chi connectivity index (χ0) is 20.1. The van der Waals surface area contributed by atoms with E-state index in [4.69, 9.17) is 4.65 Å². The molecule has 0 bridgehead atoms. The molecule has 3 aromatic rings. The molecule has 5 rings (SSSR count). The molecule has 2 aliphatic rings. The van der Waals surface area contributed by atoms with Crippen LogP contribution in [0.4, 0.5) is 20.2 Å². The van der Waals surface area contributed by atoms with E-state index in [1.807, 2.05) is 0 Å². The van der Waals surface area contributed by atoms with Crippen LogP contribution in [0, 0.1) is 11.6 Å². The van der Waals surface area contributed by atoms with Gasteiger partial charge >= 0.3 is 7.12 Å². The van der Waals surface area contributed by atoms with Crippen LogP contribution >= 0.6 is 0 Å². The fraction of sp³-hybridized carbons (Fsp3) is 0.100.